The highest BCUT2D eigenvalue weighted by Crippen LogP contribution is 1.94. The molecular formula is C5H9N4S-. The first-order valence-electron chi connectivity index (χ1n) is 3.27. The molecule has 0 amide bonds. The molecule has 0 aliphatic rings. The summed E-state index contributed by atoms with van der Waals surface area (Å²) in [5, 5.41) is 11.2. The van der Waals surface area contributed by atoms with E-state index in [4.69, 9.17) is 12.6 Å². The zero-order valence-corrected chi connectivity index (χ0v) is 6.63. The zero-order chi connectivity index (χ0) is 7.40. The van der Waals surface area contributed by atoms with Crippen LogP contribution in [0.1, 0.15) is 19.8 Å². The zero-order valence-electron chi connectivity index (χ0n) is 5.82. The predicted molar refractivity (Wildman–Crippen MR) is 38.4 cm³/mol. The Labute approximate surface area is 65.0 Å². The first-order chi connectivity index (χ1) is 4.84. The van der Waals surface area contributed by atoms with Crippen LogP contribution in [0.15, 0.2) is 5.16 Å². The van der Waals surface area contributed by atoms with E-state index in [1.807, 2.05) is 0 Å². The third-order valence-electron chi connectivity index (χ3n) is 1.22. The van der Waals surface area contributed by atoms with Gasteiger partial charge in [0.1, 0.15) is 0 Å². The van der Waals surface area contributed by atoms with Crippen LogP contribution in [0.2, 0.25) is 0 Å². The van der Waals surface area contributed by atoms with Gasteiger partial charge in [-0.05, 0) is 16.8 Å². The van der Waals surface area contributed by atoms with Crippen LogP contribution in [0.25, 0.3) is 0 Å². The van der Waals surface area contributed by atoms with Crippen molar-refractivity contribution in [2.24, 2.45) is 0 Å². The summed E-state index contributed by atoms with van der Waals surface area (Å²) >= 11 is 4.83. The van der Waals surface area contributed by atoms with Gasteiger partial charge in [0.25, 0.3) is 0 Å². The van der Waals surface area contributed by atoms with Crippen LogP contribution in [-0.2, 0) is 19.2 Å². The normalized spacial score (nSPS) is 10.1. The molecule has 0 spiro atoms. The second kappa shape index (κ2) is 3.46. The summed E-state index contributed by atoms with van der Waals surface area (Å²) < 4.78 is 1.64. The van der Waals surface area contributed by atoms with Crippen LogP contribution in [-0.4, -0.2) is 20.2 Å². The van der Waals surface area contributed by atoms with Gasteiger partial charge in [0.2, 0.25) is 0 Å². The molecule has 0 fully saturated rings. The van der Waals surface area contributed by atoms with E-state index in [1.54, 1.807) is 4.68 Å². The van der Waals surface area contributed by atoms with Crippen molar-refractivity contribution < 1.29 is 0 Å². The minimum Gasteiger partial charge on any atom is -0.739 e. The Hall–Kier alpha value is -0.710. The van der Waals surface area contributed by atoms with E-state index in [9.17, 15) is 0 Å². The van der Waals surface area contributed by atoms with Crippen molar-refractivity contribution in [1.29, 1.82) is 0 Å². The fraction of sp³-hybridized carbons (Fsp3) is 0.800. The lowest BCUT2D eigenvalue weighted by Crippen LogP contribution is -2.01. The summed E-state index contributed by atoms with van der Waals surface area (Å²) in [6.07, 6.45) is 2.21. The summed E-state index contributed by atoms with van der Waals surface area (Å²) in [5.41, 5.74) is 0. The SMILES string of the molecule is CCCCn1nnnc1[S-]. The van der Waals surface area contributed by atoms with Crippen molar-refractivity contribution in [3.8, 4) is 0 Å². The Balaban J connectivity index is 2.49. The topological polar surface area (TPSA) is 43.6 Å². The number of hydrogen-bond donors (Lipinski definition) is 0. The Bertz CT molecular complexity index is 197. The maximum atomic E-state index is 4.83. The number of hydrogen-bond acceptors (Lipinski definition) is 4. The number of aryl methyl sites for hydroxylation is 1. The van der Waals surface area contributed by atoms with Gasteiger partial charge in [-0.3, -0.25) is 4.68 Å². The molecule has 56 valence electrons. The summed E-state index contributed by atoms with van der Waals surface area (Å²) in [5.74, 6) is 0. The molecule has 0 aliphatic heterocycles. The molecule has 0 aliphatic carbocycles. The van der Waals surface area contributed by atoms with Gasteiger partial charge in [-0.2, -0.15) is 0 Å². The molecule has 0 unspecified atom stereocenters. The molecule has 4 nitrogen and oxygen atoms in total. The molecular weight excluding hydrogens is 148 g/mol. The number of rotatable bonds is 3. The summed E-state index contributed by atoms with van der Waals surface area (Å²) in [6.45, 7) is 2.95. The highest BCUT2D eigenvalue weighted by atomic mass is 32.1. The third-order valence-corrected chi connectivity index (χ3v) is 1.51. The van der Waals surface area contributed by atoms with Gasteiger partial charge < -0.3 is 12.6 Å². The fourth-order valence-electron chi connectivity index (χ4n) is 0.645. The van der Waals surface area contributed by atoms with Crippen LogP contribution in [0.3, 0.4) is 0 Å². The number of nitrogens with zero attached hydrogens (tertiary/aromatic N) is 4. The standard InChI is InChI=1S/C5H10N4S/c1-2-3-4-9-5(10)6-7-8-9/h2-4H2,1H3,(H,6,8,10)/p-1. The van der Waals surface area contributed by atoms with Gasteiger partial charge in [0.05, 0.1) is 0 Å². The quantitative estimate of drug-likeness (QED) is 0.595. The number of tetrazole rings is 1. The molecule has 0 radical (unpaired) electrons. The Morgan fingerprint density at radius 2 is 2.40 bits per heavy atom. The minimum atomic E-state index is 0.480. The van der Waals surface area contributed by atoms with Gasteiger partial charge in [0, 0.05) is 11.7 Å². The van der Waals surface area contributed by atoms with Crippen molar-refractivity contribution in [1.82, 2.24) is 20.2 Å². The van der Waals surface area contributed by atoms with Crippen molar-refractivity contribution in [2.75, 3.05) is 0 Å². The molecule has 0 saturated heterocycles. The van der Waals surface area contributed by atoms with E-state index < -0.39 is 0 Å². The van der Waals surface area contributed by atoms with Crippen molar-refractivity contribution >= 4 is 12.6 Å². The molecule has 0 N–H and O–H groups in total. The smallest absolute Gasteiger partial charge is 0.0427 e. The molecule has 10 heavy (non-hydrogen) atoms. The molecule has 1 rings (SSSR count). The van der Waals surface area contributed by atoms with Gasteiger partial charge in [-0.15, -0.1) is 5.10 Å². The average Bonchev–Trinajstić information content (AvgIpc) is 2.31. The second-order valence-corrected chi connectivity index (χ2v) is 2.40. The number of unbranched alkanes of at least 4 members (excludes halogenated alkanes) is 1. The maximum absolute atomic E-state index is 4.83. The molecule has 1 heterocycles. The van der Waals surface area contributed by atoms with E-state index in [1.165, 1.54) is 0 Å². The van der Waals surface area contributed by atoms with Crippen LogP contribution >= 0.6 is 0 Å². The van der Waals surface area contributed by atoms with E-state index in [2.05, 4.69) is 22.4 Å². The van der Waals surface area contributed by atoms with Crippen molar-refractivity contribution in [3.05, 3.63) is 0 Å². The molecule has 0 bridgehead atoms. The first kappa shape index (κ1) is 7.40. The first-order valence-corrected chi connectivity index (χ1v) is 3.68. The minimum absolute atomic E-state index is 0.480. The van der Waals surface area contributed by atoms with Crippen molar-refractivity contribution in [2.45, 2.75) is 31.5 Å². The lowest BCUT2D eigenvalue weighted by Gasteiger charge is -2.04. The number of aromatic nitrogens is 4. The lowest BCUT2D eigenvalue weighted by atomic mass is 10.3. The van der Waals surface area contributed by atoms with E-state index in [0.717, 1.165) is 19.4 Å². The predicted octanol–water partition coefficient (Wildman–Crippen LogP) is 0.379. The van der Waals surface area contributed by atoms with E-state index in [0.29, 0.717) is 5.16 Å². The molecule has 0 saturated carbocycles. The van der Waals surface area contributed by atoms with Gasteiger partial charge in [0.15, 0.2) is 0 Å². The molecule has 1 aromatic heterocycles. The summed E-state index contributed by atoms with van der Waals surface area (Å²) in [7, 11) is 0. The average molecular weight is 157 g/mol. The van der Waals surface area contributed by atoms with Crippen molar-refractivity contribution in [3.63, 3.8) is 0 Å². The highest BCUT2D eigenvalue weighted by Gasteiger charge is 1.90. The van der Waals surface area contributed by atoms with Crippen LogP contribution in [0, 0.1) is 0 Å². The van der Waals surface area contributed by atoms with Gasteiger partial charge in [-0.25, -0.2) is 0 Å². The fourth-order valence-corrected chi connectivity index (χ4v) is 0.809. The van der Waals surface area contributed by atoms with E-state index in [-0.39, 0.29) is 0 Å². The van der Waals surface area contributed by atoms with Crippen LogP contribution < -0.4 is 0 Å². The molecule has 1 aromatic rings. The van der Waals surface area contributed by atoms with Gasteiger partial charge in [-0.1, -0.05) is 13.3 Å². The lowest BCUT2D eigenvalue weighted by molar-refractivity contribution is 0.518. The summed E-state index contributed by atoms with van der Waals surface area (Å²) in [6, 6.07) is 0. The molecule has 5 heteroatoms. The highest BCUT2D eigenvalue weighted by molar-refractivity contribution is 7.58. The third kappa shape index (κ3) is 1.63. The van der Waals surface area contributed by atoms with Crippen LogP contribution in [0.4, 0.5) is 0 Å². The Kier molecular flexibility index (Phi) is 2.56. The van der Waals surface area contributed by atoms with Gasteiger partial charge >= 0.3 is 0 Å². The molecule has 0 aromatic carbocycles. The molecule has 0 atom stereocenters. The second-order valence-electron chi connectivity index (χ2n) is 2.04. The maximum Gasteiger partial charge on any atom is 0.0427 e. The summed E-state index contributed by atoms with van der Waals surface area (Å²) in [4.78, 5) is 0. The van der Waals surface area contributed by atoms with Crippen LogP contribution in [0.5, 0.6) is 0 Å². The Morgan fingerprint density at radius 3 is 2.90 bits per heavy atom. The Morgan fingerprint density at radius 1 is 1.60 bits per heavy atom. The largest absolute Gasteiger partial charge is 0.739 e. The van der Waals surface area contributed by atoms with E-state index >= 15 is 0 Å². The monoisotopic (exact) mass is 157 g/mol.